The number of benzene rings is 2. The fourth-order valence-corrected chi connectivity index (χ4v) is 8.58. The van der Waals surface area contributed by atoms with Gasteiger partial charge in [-0.2, -0.15) is 15.8 Å². The minimum absolute atomic E-state index is 0.0454. The Morgan fingerprint density at radius 1 is 0.961 bits per heavy atom. The Bertz CT molecular complexity index is 1900. The van der Waals surface area contributed by atoms with Crippen molar-refractivity contribution in [2.45, 2.75) is 102 Å². The lowest BCUT2D eigenvalue weighted by molar-refractivity contribution is 0.0754. The number of unbranched alkanes of at least 4 members (excludes halogenated alkanes) is 1. The molecule has 1 aliphatic heterocycles. The van der Waals surface area contributed by atoms with E-state index in [9.17, 15) is 15.8 Å². The minimum atomic E-state index is -1.04. The van der Waals surface area contributed by atoms with E-state index in [-0.39, 0.29) is 22.3 Å². The molecule has 5 rings (SSSR count). The maximum absolute atomic E-state index is 10.3. The summed E-state index contributed by atoms with van der Waals surface area (Å²) in [6.45, 7) is 8.70. The van der Waals surface area contributed by atoms with Gasteiger partial charge in [0.1, 0.15) is 29.5 Å². The maximum atomic E-state index is 10.3. The molecule has 1 atom stereocenters. The summed E-state index contributed by atoms with van der Waals surface area (Å²) < 4.78 is 12.1. The Kier molecular flexibility index (Phi) is 12.5. The van der Waals surface area contributed by atoms with Gasteiger partial charge in [-0.05, 0) is 96.1 Å². The maximum Gasteiger partial charge on any atom is 0.172 e. The summed E-state index contributed by atoms with van der Waals surface area (Å²) in [6, 6.07) is 21.0. The summed E-state index contributed by atoms with van der Waals surface area (Å²) in [5.41, 5.74) is 5.41. The van der Waals surface area contributed by atoms with Gasteiger partial charge in [-0.25, -0.2) is 0 Å². The standard InChI is InChI=1S/C45H49N3O2S/c1-6-7-24-51-42-23-18-32(26-41(42)49-5)16-17-34-25-33(27-44(2,3)28-34)12-11-15-40-39(31-48)43(37(29-46)30-47)50-45(40,4)38-21-19-36(20-22-38)35-13-9-8-10-14-35/h11-12,15-23,25-26,35H,6-10,13-14,24,27-28H2,1-5H3. The van der Waals surface area contributed by atoms with Crippen LogP contribution >= 0.6 is 11.8 Å². The lowest BCUT2D eigenvalue weighted by Crippen LogP contribution is -2.23. The Hall–Kier alpha value is -4.70. The molecular formula is C45H49N3O2S. The van der Waals surface area contributed by atoms with Gasteiger partial charge in [0.05, 0.1) is 7.11 Å². The van der Waals surface area contributed by atoms with Gasteiger partial charge in [-0.1, -0.05) is 113 Å². The van der Waals surface area contributed by atoms with E-state index in [1.165, 1.54) is 66.6 Å². The second-order valence-corrected chi connectivity index (χ2v) is 15.8. The quantitative estimate of drug-likeness (QED) is 0.132. The second-order valence-electron chi connectivity index (χ2n) is 14.7. The number of ether oxygens (including phenoxy) is 2. The minimum Gasteiger partial charge on any atom is -0.496 e. The first-order valence-corrected chi connectivity index (χ1v) is 19.2. The zero-order chi connectivity index (χ0) is 36.4. The normalized spacial score (nSPS) is 21.3. The van der Waals surface area contributed by atoms with Crippen LogP contribution in [0.4, 0.5) is 0 Å². The number of hydrogen-bond donors (Lipinski definition) is 0. The van der Waals surface area contributed by atoms with Crippen LogP contribution in [-0.4, -0.2) is 12.9 Å². The van der Waals surface area contributed by atoms with Crippen molar-refractivity contribution in [2.24, 2.45) is 5.41 Å². The number of thioether (sulfide) groups is 1. The molecule has 1 fully saturated rings. The number of rotatable bonds is 11. The van der Waals surface area contributed by atoms with Gasteiger partial charge in [0, 0.05) is 10.5 Å². The van der Waals surface area contributed by atoms with Crippen LogP contribution in [-0.2, 0) is 10.3 Å². The van der Waals surface area contributed by atoms with Gasteiger partial charge in [0.15, 0.2) is 16.9 Å². The number of hydrogen-bond acceptors (Lipinski definition) is 6. The summed E-state index contributed by atoms with van der Waals surface area (Å²) in [5.74, 6) is 2.60. The molecule has 0 amide bonds. The van der Waals surface area contributed by atoms with Crippen molar-refractivity contribution < 1.29 is 9.47 Å². The van der Waals surface area contributed by atoms with E-state index in [1.807, 2.05) is 43.0 Å². The number of nitrogens with zero attached hydrogens (tertiary/aromatic N) is 3. The highest BCUT2D eigenvalue weighted by Gasteiger charge is 2.44. The monoisotopic (exact) mass is 695 g/mol. The molecule has 0 aromatic heterocycles. The molecule has 0 saturated heterocycles. The molecule has 5 nitrogen and oxygen atoms in total. The molecule has 0 bridgehead atoms. The predicted molar refractivity (Wildman–Crippen MR) is 208 cm³/mol. The van der Waals surface area contributed by atoms with Crippen LogP contribution in [0.1, 0.15) is 108 Å². The van der Waals surface area contributed by atoms with Crippen molar-refractivity contribution in [2.75, 3.05) is 12.9 Å². The summed E-state index contributed by atoms with van der Waals surface area (Å²) in [4.78, 5) is 1.17. The molecule has 1 saturated carbocycles. The van der Waals surface area contributed by atoms with Crippen LogP contribution in [0.25, 0.3) is 6.08 Å². The summed E-state index contributed by atoms with van der Waals surface area (Å²) in [5, 5.41) is 29.8. The van der Waals surface area contributed by atoms with E-state index in [0.717, 1.165) is 35.5 Å². The molecule has 1 heterocycles. The molecule has 6 heteroatoms. The van der Waals surface area contributed by atoms with Gasteiger partial charge < -0.3 is 9.47 Å². The summed E-state index contributed by atoms with van der Waals surface area (Å²) in [7, 11) is 1.73. The Labute approximate surface area is 309 Å². The van der Waals surface area contributed by atoms with E-state index >= 15 is 0 Å². The first-order chi connectivity index (χ1) is 24.6. The van der Waals surface area contributed by atoms with Gasteiger partial charge >= 0.3 is 0 Å². The smallest absolute Gasteiger partial charge is 0.172 e. The third-order valence-corrected chi connectivity index (χ3v) is 11.3. The fourth-order valence-electron chi connectivity index (χ4n) is 7.48. The van der Waals surface area contributed by atoms with Crippen molar-refractivity contribution in [3.8, 4) is 24.0 Å². The molecule has 2 aromatic carbocycles. The zero-order valence-corrected chi connectivity index (χ0v) is 31.5. The molecule has 1 unspecified atom stereocenters. The Morgan fingerprint density at radius 2 is 1.71 bits per heavy atom. The summed E-state index contributed by atoms with van der Waals surface area (Å²) >= 11 is 1.84. The van der Waals surface area contributed by atoms with E-state index in [0.29, 0.717) is 11.5 Å². The third kappa shape index (κ3) is 8.97. The van der Waals surface area contributed by atoms with Crippen LogP contribution in [0.3, 0.4) is 0 Å². The zero-order valence-electron chi connectivity index (χ0n) is 30.7. The molecule has 0 radical (unpaired) electrons. The number of nitriles is 3. The van der Waals surface area contributed by atoms with Gasteiger partial charge in [-0.3, -0.25) is 0 Å². The van der Waals surface area contributed by atoms with Crippen molar-refractivity contribution in [3.05, 3.63) is 123 Å². The van der Waals surface area contributed by atoms with E-state index < -0.39 is 5.60 Å². The van der Waals surface area contributed by atoms with Crippen LogP contribution in [0.2, 0.25) is 0 Å². The lowest BCUT2D eigenvalue weighted by Gasteiger charge is -2.30. The number of methoxy groups -OCH3 is 1. The topological polar surface area (TPSA) is 89.8 Å². The van der Waals surface area contributed by atoms with Crippen molar-refractivity contribution in [1.29, 1.82) is 15.8 Å². The highest BCUT2D eigenvalue weighted by atomic mass is 32.2. The Morgan fingerprint density at radius 3 is 2.37 bits per heavy atom. The average Bonchev–Trinajstić information content (AvgIpc) is 3.43. The highest BCUT2D eigenvalue weighted by molar-refractivity contribution is 7.99. The average molecular weight is 696 g/mol. The van der Waals surface area contributed by atoms with E-state index in [4.69, 9.17) is 9.47 Å². The fraction of sp³-hybridized carbons (Fsp3) is 0.400. The predicted octanol–water partition coefficient (Wildman–Crippen LogP) is 11.9. The van der Waals surface area contributed by atoms with Crippen LogP contribution in [0, 0.1) is 39.4 Å². The van der Waals surface area contributed by atoms with E-state index in [2.05, 4.69) is 93.6 Å². The van der Waals surface area contributed by atoms with Crippen molar-refractivity contribution in [3.63, 3.8) is 0 Å². The summed E-state index contributed by atoms with van der Waals surface area (Å²) in [6.07, 6.45) is 23.1. The van der Waals surface area contributed by atoms with E-state index in [1.54, 1.807) is 7.11 Å². The Balaban J connectivity index is 1.44. The third-order valence-electron chi connectivity index (χ3n) is 10.2. The molecule has 3 aliphatic rings. The first kappa shape index (κ1) is 37.6. The molecule has 2 aromatic rings. The highest BCUT2D eigenvalue weighted by Crippen LogP contribution is 2.48. The van der Waals surface area contributed by atoms with Crippen LogP contribution < -0.4 is 4.74 Å². The van der Waals surface area contributed by atoms with Crippen molar-refractivity contribution >= 4 is 17.8 Å². The molecule has 51 heavy (non-hydrogen) atoms. The second kappa shape index (κ2) is 17.0. The molecule has 262 valence electrons. The SMILES string of the molecule is CCCCSc1ccc(C=CC2=CC(=CC=CC3=C(C#N)C(=C(C#N)C#N)OC3(C)c3ccc(C4CCCCC4)cc3)CC(C)(C)C2)cc1OC. The molecular weight excluding hydrogens is 647 g/mol. The van der Waals surface area contributed by atoms with Crippen LogP contribution in [0.5, 0.6) is 5.75 Å². The molecule has 0 N–H and O–H groups in total. The first-order valence-electron chi connectivity index (χ1n) is 18.2. The van der Waals surface area contributed by atoms with Crippen LogP contribution in [0.15, 0.2) is 111 Å². The number of allylic oxidation sites excluding steroid dienone is 8. The molecule has 2 aliphatic carbocycles. The molecule has 0 spiro atoms. The van der Waals surface area contributed by atoms with Gasteiger partial charge in [0.2, 0.25) is 0 Å². The van der Waals surface area contributed by atoms with Gasteiger partial charge in [0.25, 0.3) is 0 Å². The van der Waals surface area contributed by atoms with Gasteiger partial charge in [-0.15, -0.1) is 11.8 Å². The van der Waals surface area contributed by atoms with Crippen molar-refractivity contribution in [1.82, 2.24) is 0 Å². The largest absolute Gasteiger partial charge is 0.496 e. The lowest BCUT2D eigenvalue weighted by atomic mass is 9.75.